The number of carbonyl (C=O) groups excluding carboxylic acids is 1. The fourth-order valence-electron chi connectivity index (χ4n) is 6.81. The zero-order chi connectivity index (χ0) is 19.1. The minimum absolute atomic E-state index is 0.145. The monoisotopic (exact) mass is 368 g/mol. The van der Waals surface area contributed by atoms with E-state index in [2.05, 4.69) is 61.7 Å². The fraction of sp³-hybridized carbons (Fsp3) is 0.708. The molecule has 0 radical (unpaired) electrons. The van der Waals surface area contributed by atoms with Gasteiger partial charge in [-0.1, -0.05) is 51.1 Å². The van der Waals surface area contributed by atoms with Crippen molar-refractivity contribution in [3.63, 3.8) is 0 Å². The fourth-order valence-corrected chi connectivity index (χ4v) is 6.81. The minimum Gasteiger partial charge on any atom is -0.353 e. The highest BCUT2D eigenvalue weighted by Crippen LogP contribution is 2.61. The molecule has 148 valence electrons. The Morgan fingerprint density at radius 2 is 1.70 bits per heavy atom. The molecule has 2 aliphatic carbocycles. The first-order valence-electron chi connectivity index (χ1n) is 10.9. The van der Waals surface area contributed by atoms with E-state index in [9.17, 15) is 4.79 Å². The predicted octanol–water partition coefficient (Wildman–Crippen LogP) is 4.42. The zero-order valence-electron chi connectivity index (χ0n) is 17.3. The zero-order valence-corrected chi connectivity index (χ0v) is 17.3. The SMILES string of the molecule is CC1(C)CC2CC(C)(C(=O)NC3CCNCC3)CC(c3ccccc3)(C2)C1. The molecule has 3 fully saturated rings. The van der Waals surface area contributed by atoms with Crippen molar-refractivity contribution in [1.29, 1.82) is 0 Å². The van der Waals surface area contributed by atoms with Gasteiger partial charge in [-0.2, -0.15) is 0 Å². The first-order chi connectivity index (χ1) is 12.8. The summed E-state index contributed by atoms with van der Waals surface area (Å²) < 4.78 is 0. The lowest BCUT2D eigenvalue weighted by Crippen LogP contribution is -2.55. The Kier molecular flexibility index (Phi) is 4.86. The first-order valence-corrected chi connectivity index (χ1v) is 10.9. The molecule has 4 rings (SSSR count). The Balaban J connectivity index is 1.61. The third-order valence-corrected chi connectivity index (χ3v) is 7.41. The molecule has 3 aliphatic rings. The van der Waals surface area contributed by atoms with Crippen molar-refractivity contribution in [2.24, 2.45) is 16.7 Å². The third kappa shape index (κ3) is 3.81. The van der Waals surface area contributed by atoms with E-state index in [1.165, 1.54) is 24.8 Å². The molecular weight excluding hydrogens is 332 g/mol. The molecule has 1 aliphatic heterocycles. The summed E-state index contributed by atoms with van der Waals surface area (Å²) >= 11 is 0. The highest BCUT2D eigenvalue weighted by atomic mass is 16.2. The van der Waals surface area contributed by atoms with Crippen LogP contribution in [0.2, 0.25) is 0 Å². The van der Waals surface area contributed by atoms with Crippen molar-refractivity contribution in [3.05, 3.63) is 35.9 Å². The molecule has 2 bridgehead atoms. The molecule has 1 heterocycles. The molecule has 0 spiro atoms. The van der Waals surface area contributed by atoms with E-state index >= 15 is 0 Å². The Morgan fingerprint density at radius 3 is 2.41 bits per heavy atom. The smallest absolute Gasteiger partial charge is 0.226 e. The summed E-state index contributed by atoms with van der Waals surface area (Å²) in [6.07, 6.45) is 7.83. The van der Waals surface area contributed by atoms with Crippen LogP contribution < -0.4 is 10.6 Å². The van der Waals surface area contributed by atoms with Gasteiger partial charge in [-0.3, -0.25) is 4.79 Å². The van der Waals surface area contributed by atoms with Crippen LogP contribution in [-0.4, -0.2) is 25.0 Å². The lowest BCUT2D eigenvalue weighted by atomic mass is 9.47. The van der Waals surface area contributed by atoms with Gasteiger partial charge in [-0.25, -0.2) is 0 Å². The van der Waals surface area contributed by atoms with Gasteiger partial charge in [-0.05, 0) is 80.3 Å². The second kappa shape index (κ2) is 6.92. The van der Waals surface area contributed by atoms with Gasteiger partial charge in [0.05, 0.1) is 0 Å². The van der Waals surface area contributed by atoms with Gasteiger partial charge < -0.3 is 10.6 Å². The first kappa shape index (κ1) is 19.0. The van der Waals surface area contributed by atoms with Crippen molar-refractivity contribution in [3.8, 4) is 0 Å². The molecule has 0 aromatic heterocycles. The van der Waals surface area contributed by atoms with Crippen molar-refractivity contribution >= 4 is 5.91 Å². The number of carbonyl (C=O) groups is 1. The summed E-state index contributed by atoms with van der Waals surface area (Å²) in [5, 5.41) is 6.82. The standard InChI is InChI=1S/C24H36N2O/c1-22(2)13-18-14-23(3,21(27)26-20-9-11-25-12-10-20)17-24(15-18,16-22)19-7-5-4-6-8-19/h4-8,18,20,25H,9-17H2,1-3H3,(H,26,27). The van der Waals surface area contributed by atoms with Crippen LogP contribution in [0.5, 0.6) is 0 Å². The summed E-state index contributed by atoms with van der Waals surface area (Å²) in [6, 6.07) is 11.4. The van der Waals surface area contributed by atoms with E-state index < -0.39 is 0 Å². The Morgan fingerprint density at radius 1 is 1.00 bits per heavy atom. The number of fused-ring (bicyclic) bond motifs is 2. The van der Waals surface area contributed by atoms with Gasteiger partial charge in [0.25, 0.3) is 0 Å². The van der Waals surface area contributed by atoms with Crippen molar-refractivity contribution in [1.82, 2.24) is 10.6 Å². The van der Waals surface area contributed by atoms with E-state index in [4.69, 9.17) is 0 Å². The number of hydrogen-bond acceptors (Lipinski definition) is 2. The van der Waals surface area contributed by atoms with Crippen molar-refractivity contribution < 1.29 is 4.79 Å². The van der Waals surface area contributed by atoms with Crippen LogP contribution in [0, 0.1) is 16.7 Å². The van der Waals surface area contributed by atoms with Crippen LogP contribution in [0.3, 0.4) is 0 Å². The number of piperidine rings is 1. The highest BCUT2D eigenvalue weighted by molar-refractivity contribution is 5.83. The normalized spacial score (nSPS) is 36.2. The number of nitrogens with one attached hydrogen (secondary N) is 2. The lowest BCUT2D eigenvalue weighted by molar-refractivity contribution is -0.138. The minimum atomic E-state index is -0.250. The second-order valence-corrected chi connectivity index (χ2v) is 10.7. The van der Waals surface area contributed by atoms with Gasteiger partial charge in [-0.15, -0.1) is 0 Å². The molecule has 1 saturated heterocycles. The van der Waals surface area contributed by atoms with Crippen LogP contribution in [0.15, 0.2) is 30.3 Å². The van der Waals surface area contributed by atoms with E-state index in [-0.39, 0.29) is 10.8 Å². The molecule has 1 amide bonds. The van der Waals surface area contributed by atoms with E-state index in [0.29, 0.717) is 23.3 Å². The summed E-state index contributed by atoms with van der Waals surface area (Å²) in [4.78, 5) is 13.4. The number of hydrogen-bond donors (Lipinski definition) is 2. The Bertz CT molecular complexity index is 679. The molecular formula is C24H36N2O. The molecule has 2 N–H and O–H groups in total. The predicted molar refractivity (Wildman–Crippen MR) is 111 cm³/mol. The molecule has 3 heteroatoms. The van der Waals surface area contributed by atoms with E-state index in [1.54, 1.807) is 0 Å². The molecule has 1 aromatic carbocycles. The van der Waals surface area contributed by atoms with Gasteiger partial charge in [0.1, 0.15) is 0 Å². The van der Waals surface area contributed by atoms with Gasteiger partial charge in [0.2, 0.25) is 5.91 Å². The summed E-state index contributed by atoms with van der Waals surface area (Å²) in [6.45, 7) is 9.13. The maximum Gasteiger partial charge on any atom is 0.226 e. The largest absolute Gasteiger partial charge is 0.353 e. The van der Waals surface area contributed by atoms with Crippen molar-refractivity contribution in [2.75, 3.05) is 13.1 Å². The van der Waals surface area contributed by atoms with Crippen LogP contribution >= 0.6 is 0 Å². The second-order valence-electron chi connectivity index (χ2n) is 10.7. The quantitative estimate of drug-likeness (QED) is 0.829. The van der Waals surface area contributed by atoms with Crippen LogP contribution in [0.4, 0.5) is 0 Å². The molecule has 27 heavy (non-hydrogen) atoms. The highest BCUT2D eigenvalue weighted by Gasteiger charge is 2.55. The Labute approximate surface area is 164 Å². The molecule has 1 aromatic rings. The molecule has 3 unspecified atom stereocenters. The summed E-state index contributed by atoms with van der Waals surface area (Å²) in [7, 11) is 0. The third-order valence-electron chi connectivity index (χ3n) is 7.41. The Hall–Kier alpha value is -1.35. The maximum absolute atomic E-state index is 13.4. The van der Waals surface area contributed by atoms with Gasteiger partial charge in [0.15, 0.2) is 0 Å². The van der Waals surface area contributed by atoms with E-state index in [0.717, 1.165) is 38.8 Å². The number of amides is 1. The number of benzene rings is 1. The van der Waals surface area contributed by atoms with Crippen LogP contribution in [-0.2, 0) is 10.2 Å². The van der Waals surface area contributed by atoms with Crippen molar-refractivity contribution in [2.45, 2.75) is 77.2 Å². The summed E-state index contributed by atoms with van der Waals surface area (Å²) in [5.41, 5.74) is 1.70. The molecule has 2 saturated carbocycles. The lowest BCUT2D eigenvalue weighted by Gasteiger charge is -2.57. The van der Waals surface area contributed by atoms with Crippen LogP contribution in [0.25, 0.3) is 0 Å². The average Bonchev–Trinajstić information content (AvgIpc) is 2.61. The van der Waals surface area contributed by atoms with E-state index in [1.807, 2.05) is 0 Å². The average molecular weight is 369 g/mol. The molecule has 3 nitrogen and oxygen atoms in total. The van der Waals surface area contributed by atoms with Gasteiger partial charge >= 0.3 is 0 Å². The number of rotatable bonds is 3. The molecule has 3 atom stereocenters. The summed E-state index contributed by atoms with van der Waals surface area (Å²) in [5.74, 6) is 0.950. The van der Waals surface area contributed by atoms with Crippen LogP contribution in [0.1, 0.15) is 71.3 Å². The topological polar surface area (TPSA) is 41.1 Å². The maximum atomic E-state index is 13.4. The van der Waals surface area contributed by atoms with Gasteiger partial charge in [0, 0.05) is 11.5 Å².